The highest BCUT2D eigenvalue weighted by atomic mass is 19.1. The second-order valence-electron chi connectivity index (χ2n) is 9.14. The fourth-order valence-electron chi connectivity index (χ4n) is 4.64. The van der Waals surface area contributed by atoms with Crippen LogP contribution in [0, 0.1) is 19.7 Å². The lowest BCUT2D eigenvalue weighted by Gasteiger charge is -2.19. The Balaban J connectivity index is 1.38. The maximum Gasteiger partial charge on any atom is 0.227 e. The Morgan fingerprint density at radius 1 is 1.09 bits per heavy atom. The Morgan fingerprint density at radius 2 is 1.86 bits per heavy atom. The molecule has 6 nitrogen and oxygen atoms in total. The van der Waals surface area contributed by atoms with E-state index in [9.17, 15) is 14.3 Å². The van der Waals surface area contributed by atoms with Crippen molar-refractivity contribution in [1.82, 2.24) is 9.55 Å². The van der Waals surface area contributed by atoms with Gasteiger partial charge in [0, 0.05) is 18.9 Å². The highest BCUT2D eigenvalue weighted by Gasteiger charge is 2.36. The van der Waals surface area contributed by atoms with Crippen LogP contribution >= 0.6 is 0 Å². The number of aromatic nitrogens is 2. The standard InChI is InChI=1S/C28H28FN3O3/c1-18-11-12-22(13-19(18)2)35-17-21(33)16-32-26-10-6-4-8-24(26)30-28(32)20-14-27(34)31(15-20)25-9-5-3-7-23(25)29/h3-13,20-21,33H,14-17H2,1-2H3/t20-,21+/m0/s1. The molecule has 1 amide bonds. The third-order valence-electron chi connectivity index (χ3n) is 6.63. The highest BCUT2D eigenvalue weighted by molar-refractivity contribution is 5.96. The first-order chi connectivity index (χ1) is 16.9. The quantitative estimate of drug-likeness (QED) is 0.421. The number of hydrogen-bond donors (Lipinski definition) is 1. The molecule has 4 aromatic rings. The summed E-state index contributed by atoms with van der Waals surface area (Å²) in [5, 5.41) is 10.9. The number of amides is 1. The third-order valence-corrected chi connectivity index (χ3v) is 6.63. The number of anilines is 1. The number of fused-ring (bicyclic) bond motifs is 1. The third kappa shape index (κ3) is 4.64. The van der Waals surface area contributed by atoms with Crippen molar-refractivity contribution in [2.75, 3.05) is 18.1 Å². The molecule has 0 saturated carbocycles. The van der Waals surface area contributed by atoms with Crippen LogP contribution < -0.4 is 9.64 Å². The van der Waals surface area contributed by atoms with Gasteiger partial charge in [0.25, 0.3) is 0 Å². The van der Waals surface area contributed by atoms with Crippen molar-refractivity contribution in [3.63, 3.8) is 0 Å². The van der Waals surface area contributed by atoms with E-state index in [1.54, 1.807) is 18.2 Å². The molecule has 1 saturated heterocycles. The van der Waals surface area contributed by atoms with Gasteiger partial charge in [0.15, 0.2) is 0 Å². The van der Waals surface area contributed by atoms with Crippen molar-refractivity contribution in [1.29, 1.82) is 0 Å². The van der Waals surface area contributed by atoms with Crippen LogP contribution in [0.15, 0.2) is 66.7 Å². The summed E-state index contributed by atoms with van der Waals surface area (Å²) in [7, 11) is 0. The molecule has 180 valence electrons. The molecule has 0 spiro atoms. The zero-order valence-corrected chi connectivity index (χ0v) is 19.8. The summed E-state index contributed by atoms with van der Waals surface area (Å²) in [6.45, 7) is 4.79. The van der Waals surface area contributed by atoms with Crippen LogP contribution in [0.5, 0.6) is 5.75 Å². The molecule has 5 rings (SSSR count). The van der Waals surface area contributed by atoms with Crippen molar-refractivity contribution in [3.05, 3.63) is 89.5 Å². The van der Waals surface area contributed by atoms with Crippen LogP contribution in [-0.4, -0.2) is 39.8 Å². The number of rotatable bonds is 7. The summed E-state index contributed by atoms with van der Waals surface area (Å²) in [5.41, 5.74) is 4.27. The van der Waals surface area contributed by atoms with Gasteiger partial charge in [-0.05, 0) is 61.4 Å². The molecule has 1 N–H and O–H groups in total. The van der Waals surface area contributed by atoms with E-state index in [1.165, 1.54) is 16.5 Å². The minimum absolute atomic E-state index is 0.124. The number of carbonyl (C=O) groups is 1. The van der Waals surface area contributed by atoms with Gasteiger partial charge < -0.3 is 19.3 Å². The molecular formula is C28H28FN3O3. The van der Waals surface area contributed by atoms with Crippen LogP contribution in [0.25, 0.3) is 11.0 Å². The fourth-order valence-corrected chi connectivity index (χ4v) is 4.64. The normalized spacial score (nSPS) is 16.7. The number of ether oxygens (including phenoxy) is 1. The van der Waals surface area contributed by atoms with E-state index < -0.39 is 11.9 Å². The molecule has 7 heteroatoms. The molecule has 1 aliphatic rings. The summed E-state index contributed by atoms with van der Waals surface area (Å²) in [4.78, 5) is 19.1. The van der Waals surface area contributed by atoms with Crippen LogP contribution in [0.1, 0.15) is 29.3 Å². The number of aliphatic hydroxyl groups is 1. The number of hydrogen-bond acceptors (Lipinski definition) is 4. The molecule has 0 aliphatic carbocycles. The Labute approximate surface area is 203 Å². The predicted octanol–water partition coefficient (Wildman–Crippen LogP) is 4.75. The molecule has 3 aromatic carbocycles. The van der Waals surface area contributed by atoms with Gasteiger partial charge in [-0.2, -0.15) is 0 Å². The van der Waals surface area contributed by atoms with E-state index in [2.05, 4.69) is 0 Å². The zero-order valence-electron chi connectivity index (χ0n) is 19.8. The Hall–Kier alpha value is -3.71. The Kier molecular flexibility index (Phi) is 6.26. The van der Waals surface area contributed by atoms with Crippen LogP contribution in [0.2, 0.25) is 0 Å². The number of nitrogens with zero attached hydrogens (tertiary/aromatic N) is 3. The summed E-state index contributed by atoms with van der Waals surface area (Å²) >= 11 is 0. The van der Waals surface area contributed by atoms with Gasteiger partial charge in [-0.25, -0.2) is 9.37 Å². The molecule has 2 atom stereocenters. The summed E-state index contributed by atoms with van der Waals surface area (Å²) < 4.78 is 22.2. The largest absolute Gasteiger partial charge is 0.491 e. The first kappa shape index (κ1) is 23.1. The van der Waals surface area contributed by atoms with Gasteiger partial charge in [-0.15, -0.1) is 0 Å². The molecule has 1 aromatic heterocycles. The topological polar surface area (TPSA) is 67.6 Å². The lowest BCUT2D eigenvalue weighted by atomic mass is 10.1. The predicted molar refractivity (Wildman–Crippen MR) is 133 cm³/mol. The van der Waals surface area contributed by atoms with E-state index in [0.29, 0.717) is 18.1 Å². The molecule has 0 radical (unpaired) electrons. The van der Waals surface area contributed by atoms with Gasteiger partial charge in [0.1, 0.15) is 30.1 Å². The maximum atomic E-state index is 14.4. The number of aryl methyl sites for hydroxylation is 2. The molecule has 0 bridgehead atoms. The van der Waals surface area contributed by atoms with Crippen molar-refractivity contribution >= 4 is 22.6 Å². The van der Waals surface area contributed by atoms with Crippen LogP contribution in [0.3, 0.4) is 0 Å². The Bertz CT molecular complexity index is 1380. The zero-order chi connectivity index (χ0) is 24.5. The van der Waals surface area contributed by atoms with E-state index in [0.717, 1.165) is 16.6 Å². The fraction of sp³-hybridized carbons (Fsp3) is 0.286. The SMILES string of the molecule is Cc1ccc(OC[C@H](O)Cn2c([C@H]3CC(=O)N(c4ccccc4F)C3)nc3ccccc32)cc1C. The number of halogens is 1. The minimum Gasteiger partial charge on any atom is -0.491 e. The average molecular weight is 474 g/mol. The van der Waals surface area contributed by atoms with E-state index in [4.69, 9.17) is 9.72 Å². The van der Waals surface area contributed by atoms with Gasteiger partial charge in [0.2, 0.25) is 5.91 Å². The first-order valence-corrected chi connectivity index (χ1v) is 11.8. The molecule has 1 fully saturated rings. The van der Waals surface area contributed by atoms with Crippen molar-refractivity contribution < 1.29 is 19.0 Å². The molecule has 2 heterocycles. The van der Waals surface area contributed by atoms with Gasteiger partial charge in [-0.1, -0.05) is 30.3 Å². The van der Waals surface area contributed by atoms with Gasteiger partial charge in [0.05, 0.1) is 23.3 Å². The van der Waals surface area contributed by atoms with Crippen LogP contribution in [-0.2, 0) is 11.3 Å². The minimum atomic E-state index is -0.784. The van der Waals surface area contributed by atoms with Gasteiger partial charge >= 0.3 is 0 Å². The van der Waals surface area contributed by atoms with Gasteiger partial charge in [-0.3, -0.25) is 4.79 Å². The number of benzene rings is 3. The smallest absolute Gasteiger partial charge is 0.227 e. The second kappa shape index (κ2) is 9.50. The van der Waals surface area contributed by atoms with Crippen LogP contribution in [0.4, 0.5) is 10.1 Å². The maximum absolute atomic E-state index is 14.4. The lowest BCUT2D eigenvalue weighted by Crippen LogP contribution is -2.27. The number of carbonyl (C=O) groups excluding carboxylic acids is 1. The summed E-state index contributed by atoms with van der Waals surface area (Å²) in [5.74, 6) is 0.641. The summed E-state index contributed by atoms with van der Waals surface area (Å²) in [6, 6.07) is 19.9. The Morgan fingerprint density at radius 3 is 2.66 bits per heavy atom. The van der Waals surface area contributed by atoms with Crippen molar-refractivity contribution in [2.45, 2.75) is 38.8 Å². The van der Waals surface area contributed by atoms with Crippen molar-refractivity contribution in [2.24, 2.45) is 0 Å². The second-order valence-corrected chi connectivity index (χ2v) is 9.14. The number of aliphatic hydroxyl groups excluding tert-OH is 1. The van der Waals surface area contributed by atoms with Crippen molar-refractivity contribution in [3.8, 4) is 5.75 Å². The number of para-hydroxylation sites is 3. The monoisotopic (exact) mass is 473 g/mol. The number of imidazole rings is 1. The molecule has 1 aliphatic heterocycles. The van der Waals surface area contributed by atoms with E-state index in [1.807, 2.05) is 60.9 Å². The average Bonchev–Trinajstić information content (AvgIpc) is 3.41. The highest BCUT2D eigenvalue weighted by Crippen LogP contribution is 2.34. The molecule has 0 unspecified atom stereocenters. The summed E-state index contributed by atoms with van der Waals surface area (Å²) in [6.07, 6.45) is -0.555. The molecule has 35 heavy (non-hydrogen) atoms. The van der Waals surface area contributed by atoms with E-state index >= 15 is 0 Å². The van der Waals surface area contributed by atoms with E-state index in [-0.39, 0.29) is 37.1 Å². The lowest BCUT2D eigenvalue weighted by molar-refractivity contribution is -0.117. The molecular weight excluding hydrogens is 445 g/mol. The first-order valence-electron chi connectivity index (χ1n) is 11.8.